The van der Waals surface area contributed by atoms with E-state index >= 15 is 0 Å². The second-order valence-corrected chi connectivity index (χ2v) is 4.50. The summed E-state index contributed by atoms with van der Waals surface area (Å²) in [4.78, 5) is 16.0. The molecule has 0 atom stereocenters. The van der Waals surface area contributed by atoms with Crippen molar-refractivity contribution < 1.29 is 4.79 Å². The van der Waals surface area contributed by atoms with E-state index in [0.717, 1.165) is 5.56 Å². The van der Waals surface area contributed by atoms with Gasteiger partial charge in [0.15, 0.2) is 0 Å². The molecule has 0 radical (unpaired) electrons. The van der Waals surface area contributed by atoms with Crippen molar-refractivity contribution >= 4 is 29.0 Å². The van der Waals surface area contributed by atoms with Crippen LogP contribution in [0, 0.1) is 6.92 Å². The molecule has 1 heterocycles. The summed E-state index contributed by atoms with van der Waals surface area (Å²) in [5.41, 5.74) is 1.82. The lowest BCUT2D eigenvalue weighted by atomic mass is 10.1. The van der Waals surface area contributed by atoms with Gasteiger partial charge in [0.2, 0.25) is 5.78 Å². The molecular weight excluding hydrogens is 257 g/mol. The van der Waals surface area contributed by atoms with E-state index < -0.39 is 0 Å². The highest BCUT2D eigenvalue weighted by Gasteiger charge is 2.11. The topological polar surface area (TPSA) is 30.0 Å². The Balaban J connectivity index is 2.37. The molecule has 17 heavy (non-hydrogen) atoms. The molecule has 2 aromatic rings. The van der Waals surface area contributed by atoms with E-state index in [4.69, 9.17) is 23.2 Å². The van der Waals surface area contributed by atoms with Gasteiger partial charge >= 0.3 is 0 Å². The van der Waals surface area contributed by atoms with Crippen LogP contribution in [0.3, 0.4) is 0 Å². The summed E-state index contributed by atoms with van der Waals surface area (Å²) in [6, 6.07) is 8.43. The highest BCUT2D eigenvalue weighted by molar-refractivity contribution is 6.32. The van der Waals surface area contributed by atoms with Gasteiger partial charge in [-0.05, 0) is 30.7 Å². The van der Waals surface area contributed by atoms with Gasteiger partial charge in [0.25, 0.3) is 0 Å². The van der Waals surface area contributed by atoms with Crippen molar-refractivity contribution in [2.75, 3.05) is 0 Å². The van der Waals surface area contributed by atoms with Crippen LogP contribution in [0.1, 0.15) is 21.6 Å². The first-order valence-corrected chi connectivity index (χ1v) is 5.76. The Hall–Kier alpha value is -1.38. The summed E-state index contributed by atoms with van der Waals surface area (Å²) < 4.78 is 0. The van der Waals surface area contributed by atoms with Gasteiger partial charge in [-0.25, -0.2) is 0 Å². The predicted octanol–water partition coefficient (Wildman–Crippen LogP) is 3.93. The second kappa shape index (κ2) is 4.86. The summed E-state index contributed by atoms with van der Waals surface area (Å²) in [6.45, 7) is 1.89. The maximum Gasteiger partial charge on any atom is 0.211 e. The van der Waals surface area contributed by atoms with Crippen molar-refractivity contribution in [3.63, 3.8) is 0 Å². The quantitative estimate of drug-likeness (QED) is 0.771. The zero-order chi connectivity index (χ0) is 12.4. The number of benzene rings is 1. The van der Waals surface area contributed by atoms with Gasteiger partial charge in [-0.2, -0.15) is 0 Å². The first kappa shape index (κ1) is 12.1. The number of nitrogens with zero attached hydrogens (tertiary/aromatic N) is 1. The molecule has 2 rings (SSSR count). The van der Waals surface area contributed by atoms with E-state index in [1.165, 1.54) is 6.20 Å². The Kier molecular flexibility index (Phi) is 3.46. The fourth-order valence-corrected chi connectivity index (χ4v) is 1.68. The summed E-state index contributed by atoms with van der Waals surface area (Å²) >= 11 is 11.7. The molecule has 2 nitrogen and oxygen atoms in total. The van der Waals surface area contributed by atoms with Gasteiger partial charge in [-0.3, -0.25) is 9.78 Å². The van der Waals surface area contributed by atoms with E-state index in [1.807, 2.05) is 13.0 Å². The number of ketones is 1. The van der Waals surface area contributed by atoms with E-state index in [1.54, 1.807) is 24.3 Å². The molecule has 0 N–H and O–H groups in total. The smallest absolute Gasteiger partial charge is 0.211 e. The van der Waals surface area contributed by atoms with E-state index in [2.05, 4.69) is 4.98 Å². The van der Waals surface area contributed by atoms with E-state index in [9.17, 15) is 4.79 Å². The molecule has 0 saturated heterocycles. The van der Waals surface area contributed by atoms with Gasteiger partial charge in [0.05, 0.1) is 5.02 Å². The second-order valence-electron chi connectivity index (χ2n) is 3.65. The van der Waals surface area contributed by atoms with Crippen molar-refractivity contribution in [2.45, 2.75) is 6.92 Å². The number of carbonyl (C=O) groups is 1. The molecule has 0 saturated carbocycles. The number of hydrogen-bond acceptors (Lipinski definition) is 2. The Morgan fingerprint density at radius 1 is 1.18 bits per heavy atom. The monoisotopic (exact) mass is 265 g/mol. The lowest BCUT2D eigenvalue weighted by Gasteiger charge is -2.03. The molecule has 0 fully saturated rings. The maximum atomic E-state index is 12.1. The molecule has 86 valence electrons. The summed E-state index contributed by atoms with van der Waals surface area (Å²) in [5, 5.41) is 1.08. The fourth-order valence-electron chi connectivity index (χ4n) is 1.39. The molecular formula is C13H9Cl2NO. The minimum atomic E-state index is -0.163. The predicted molar refractivity (Wildman–Crippen MR) is 68.9 cm³/mol. The molecule has 1 aromatic heterocycles. The minimum absolute atomic E-state index is 0.163. The van der Waals surface area contributed by atoms with Crippen molar-refractivity contribution in [2.24, 2.45) is 0 Å². The minimum Gasteiger partial charge on any atom is -0.287 e. The van der Waals surface area contributed by atoms with E-state index in [0.29, 0.717) is 21.3 Å². The molecule has 0 amide bonds. The normalized spacial score (nSPS) is 10.3. The number of aryl methyl sites for hydroxylation is 1. The highest BCUT2D eigenvalue weighted by atomic mass is 35.5. The third kappa shape index (κ3) is 2.65. The lowest BCUT2D eigenvalue weighted by Crippen LogP contribution is -2.03. The van der Waals surface area contributed by atoms with Crippen LogP contribution in [0.4, 0.5) is 0 Å². The van der Waals surface area contributed by atoms with Crippen molar-refractivity contribution in [1.29, 1.82) is 0 Å². The van der Waals surface area contributed by atoms with Crippen LogP contribution in [0.25, 0.3) is 0 Å². The largest absolute Gasteiger partial charge is 0.287 e. The number of pyridine rings is 1. The first-order chi connectivity index (χ1) is 8.08. The Morgan fingerprint density at radius 2 is 1.94 bits per heavy atom. The van der Waals surface area contributed by atoms with Crippen LogP contribution in [0.15, 0.2) is 36.5 Å². The average Bonchev–Trinajstić information content (AvgIpc) is 2.33. The SMILES string of the molecule is Cc1ccc(C(=O)c2ccc(Cl)cn2)cc1Cl. The number of halogens is 2. The van der Waals surface area contributed by atoms with E-state index in [-0.39, 0.29) is 5.78 Å². The van der Waals surface area contributed by atoms with Gasteiger partial charge in [-0.15, -0.1) is 0 Å². The number of carbonyl (C=O) groups excluding carboxylic acids is 1. The first-order valence-electron chi connectivity index (χ1n) is 5.00. The van der Waals surface area contributed by atoms with Crippen molar-refractivity contribution in [3.8, 4) is 0 Å². The fraction of sp³-hybridized carbons (Fsp3) is 0.0769. The van der Waals surface area contributed by atoms with Gasteiger partial charge in [0.1, 0.15) is 5.69 Å². The molecule has 0 aliphatic rings. The van der Waals surface area contributed by atoms with Gasteiger partial charge in [0, 0.05) is 16.8 Å². The standard InChI is InChI=1S/C13H9Cl2NO/c1-8-2-3-9(6-11(8)15)13(17)12-5-4-10(14)7-16-12/h2-7H,1H3. The Bertz CT molecular complexity index is 564. The molecule has 4 heteroatoms. The van der Waals surface area contributed by atoms with Crippen molar-refractivity contribution in [1.82, 2.24) is 4.98 Å². The molecule has 0 spiro atoms. The number of rotatable bonds is 2. The summed E-state index contributed by atoms with van der Waals surface area (Å²) in [6.07, 6.45) is 1.45. The number of aromatic nitrogens is 1. The third-order valence-electron chi connectivity index (χ3n) is 2.39. The summed E-state index contributed by atoms with van der Waals surface area (Å²) in [5.74, 6) is -0.163. The number of hydrogen-bond donors (Lipinski definition) is 0. The van der Waals surface area contributed by atoms with Gasteiger partial charge in [-0.1, -0.05) is 35.3 Å². The highest BCUT2D eigenvalue weighted by Crippen LogP contribution is 2.19. The molecule has 0 aliphatic heterocycles. The summed E-state index contributed by atoms with van der Waals surface area (Å²) in [7, 11) is 0. The maximum absolute atomic E-state index is 12.1. The van der Waals surface area contributed by atoms with Crippen LogP contribution < -0.4 is 0 Å². The lowest BCUT2D eigenvalue weighted by molar-refractivity contribution is 0.103. The molecule has 1 aromatic carbocycles. The zero-order valence-electron chi connectivity index (χ0n) is 9.08. The molecule has 0 bridgehead atoms. The van der Waals surface area contributed by atoms with Crippen LogP contribution in [0.2, 0.25) is 10.0 Å². The Morgan fingerprint density at radius 3 is 2.53 bits per heavy atom. The third-order valence-corrected chi connectivity index (χ3v) is 3.02. The van der Waals surface area contributed by atoms with Crippen LogP contribution >= 0.6 is 23.2 Å². The average molecular weight is 266 g/mol. The van der Waals surface area contributed by atoms with Crippen LogP contribution in [0.5, 0.6) is 0 Å². The van der Waals surface area contributed by atoms with Crippen LogP contribution in [-0.2, 0) is 0 Å². The van der Waals surface area contributed by atoms with Crippen molar-refractivity contribution in [3.05, 3.63) is 63.4 Å². The van der Waals surface area contributed by atoms with Crippen LogP contribution in [-0.4, -0.2) is 10.8 Å². The Labute approximate surface area is 109 Å². The molecule has 0 unspecified atom stereocenters. The zero-order valence-corrected chi connectivity index (χ0v) is 10.6. The van der Waals surface area contributed by atoms with Gasteiger partial charge < -0.3 is 0 Å². The molecule has 0 aliphatic carbocycles.